The van der Waals surface area contributed by atoms with Gasteiger partial charge in [-0.15, -0.1) is 0 Å². The maximum Gasteiger partial charge on any atom is 0.133 e. The van der Waals surface area contributed by atoms with Crippen molar-refractivity contribution in [1.82, 2.24) is 4.98 Å². The minimum atomic E-state index is 0.577. The first-order chi connectivity index (χ1) is 6.81. The number of pyridine rings is 1. The Kier molecular flexibility index (Phi) is 2.68. The van der Waals surface area contributed by atoms with E-state index in [0.717, 1.165) is 30.4 Å². The molecule has 1 aliphatic heterocycles. The summed E-state index contributed by atoms with van der Waals surface area (Å²) < 4.78 is 0. The van der Waals surface area contributed by atoms with Crippen molar-refractivity contribution in [1.29, 1.82) is 0 Å². The van der Waals surface area contributed by atoms with Crippen molar-refractivity contribution >= 4 is 5.82 Å². The first-order valence-corrected chi connectivity index (χ1v) is 5.20. The standard InChI is InChI=1S/C11H17N3/c1-9-4-6-14(8-9)11-10(7-12)3-2-5-13-11/h2-3,5,9H,4,6-8,12H2,1H3. The van der Waals surface area contributed by atoms with Crippen molar-refractivity contribution in [3.05, 3.63) is 23.9 Å². The highest BCUT2D eigenvalue weighted by molar-refractivity contribution is 5.47. The van der Waals surface area contributed by atoms with Crippen molar-refractivity contribution in [2.24, 2.45) is 11.7 Å². The maximum atomic E-state index is 5.69. The van der Waals surface area contributed by atoms with E-state index in [1.54, 1.807) is 0 Å². The van der Waals surface area contributed by atoms with Crippen LogP contribution in [0.15, 0.2) is 18.3 Å². The minimum Gasteiger partial charge on any atom is -0.356 e. The molecule has 3 nitrogen and oxygen atoms in total. The van der Waals surface area contributed by atoms with E-state index < -0.39 is 0 Å². The van der Waals surface area contributed by atoms with E-state index in [-0.39, 0.29) is 0 Å². The highest BCUT2D eigenvalue weighted by atomic mass is 15.2. The van der Waals surface area contributed by atoms with Gasteiger partial charge in [0.05, 0.1) is 0 Å². The smallest absolute Gasteiger partial charge is 0.133 e. The second-order valence-corrected chi connectivity index (χ2v) is 4.03. The molecule has 1 aromatic rings. The van der Waals surface area contributed by atoms with Crippen LogP contribution in [-0.4, -0.2) is 18.1 Å². The van der Waals surface area contributed by atoms with E-state index in [0.29, 0.717) is 6.54 Å². The molecule has 3 heteroatoms. The van der Waals surface area contributed by atoms with Crippen LogP contribution in [0.4, 0.5) is 5.82 Å². The van der Waals surface area contributed by atoms with Crippen LogP contribution in [0.3, 0.4) is 0 Å². The summed E-state index contributed by atoms with van der Waals surface area (Å²) in [4.78, 5) is 6.75. The fraction of sp³-hybridized carbons (Fsp3) is 0.545. The van der Waals surface area contributed by atoms with Gasteiger partial charge in [-0.1, -0.05) is 13.0 Å². The van der Waals surface area contributed by atoms with Crippen molar-refractivity contribution in [3.63, 3.8) is 0 Å². The van der Waals surface area contributed by atoms with Crippen LogP contribution < -0.4 is 10.6 Å². The van der Waals surface area contributed by atoms with Gasteiger partial charge in [-0.05, 0) is 18.4 Å². The Morgan fingerprint density at radius 2 is 2.50 bits per heavy atom. The molecule has 76 valence electrons. The average molecular weight is 191 g/mol. The Morgan fingerprint density at radius 3 is 3.14 bits per heavy atom. The molecule has 1 saturated heterocycles. The number of anilines is 1. The number of aromatic nitrogens is 1. The third kappa shape index (κ3) is 1.73. The number of hydrogen-bond donors (Lipinski definition) is 1. The summed E-state index contributed by atoms with van der Waals surface area (Å²) >= 11 is 0. The largest absolute Gasteiger partial charge is 0.356 e. The monoisotopic (exact) mass is 191 g/mol. The summed E-state index contributed by atoms with van der Waals surface area (Å²) in [5, 5.41) is 0. The normalized spacial score (nSPS) is 21.6. The lowest BCUT2D eigenvalue weighted by molar-refractivity contribution is 0.658. The summed E-state index contributed by atoms with van der Waals surface area (Å²) in [5.41, 5.74) is 6.84. The lowest BCUT2D eigenvalue weighted by Crippen LogP contribution is -2.22. The van der Waals surface area contributed by atoms with Gasteiger partial charge in [-0.25, -0.2) is 4.98 Å². The second-order valence-electron chi connectivity index (χ2n) is 4.03. The molecule has 2 heterocycles. The third-order valence-electron chi connectivity index (χ3n) is 2.81. The molecule has 0 aromatic carbocycles. The van der Waals surface area contributed by atoms with Crippen LogP contribution >= 0.6 is 0 Å². The predicted molar refractivity (Wildman–Crippen MR) is 58.1 cm³/mol. The molecular formula is C11H17N3. The second kappa shape index (κ2) is 3.96. The number of rotatable bonds is 2. The Balaban J connectivity index is 2.22. The average Bonchev–Trinajstić information content (AvgIpc) is 2.65. The first-order valence-electron chi connectivity index (χ1n) is 5.20. The summed E-state index contributed by atoms with van der Waals surface area (Å²) in [5.74, 6) is 1.86. The lowest BCUT2D eigenvalue weighted by atomic mass is 10.2. The highest BCUT2D eigenvalue weighted by Crippen LogP contribution is 2.24. The molecule has 0 aliphatic carbocycles. The van der Waals surface area contributed by atoms with Gasteiger partial charge in [0, 0.05) is 31.4 Å². The first kappa shape index (κ1) is 9.46. The molecule has 1 aromatic heterocycles. The van der Waals surface area contributed by atoms with Crippen molar-refractivity contribution < 1.29 is 0 Å². The molecule has 2 N–H and O–H groups in total. The van der Waals surface area contributed by atoms with Gasteiger partial charge in [-0.3, -0.25) is 0 Å². The van der Waals surface area contributed by atoms with E-state index in [4.69, 9.17) is 5.73 Å². The quantitative estimate of drug-likeness (QED) is 0.768. The number of hydrogen-bond acceptors (Lipinski definition) is 3. The molecular weight excluding hydrogens is 174 g/mol. The Morgan fingerprint density at radius 1 is 1.64 bits per heavy atom. The number of nitrogens with zero attached hydrogens (tertiary/aromatic N) is 2. The van der Waals surface area contributed by atoms with Gasteiger partial charge < -0.3 is 10.6 Å². The van der Waals surface area contributed by atoms with Crippen LogP contribution in [0.25, 0.3) is 0 Å². The van der Waals surface area contributed by atoms with Gasteiger partial charge in [0.1, 0.15) is 5.82 Å². The maximum absolute atomic E-state index is 5.69. The van der Waals surface area contributed by atoms with Gasteiger partial charge in [0.15, 0.2) is 0 Å². The number of nitrogens with two attached hydrogens (primary N) is 1. The van der Waals surface area contributed by atoms with Gasteiger partial charge in [-0.2, -0.15) is 0 Å². The molecule has 2 rings (SSSR count). The SMILES string of the molecule is CC1CCN(c2ncccc2CN)C1. The van der Waals surface area contributed by atoms with E-state index in [9.17, 15) is 0 Å². The zero-order valence-corrected chi connectivity index (χ0v) is 8.61. The minimum absolute atomic E-state index is 0.577. The third-order valence-corrected chi connectivity index (χ3v) is 2.81. The molecule has 0 spiro atoms. The fourth-order valence-electron chi connectivity index (χ4n) is 2.00. The Bertz CT molecular complexity index is 311. The molecule has 1 fully saturated rings. The van der Waals surface area contributed by atoms with E-state index in [1.807, 2.05) is 12.3 Å². The summed E-state index contributed by atoms with van der Waals surface area (Å²) in [7, 11) is 0. The van der Waals surface area contributed by atoms with Crippen LogP contribution in [0.1, 0.15) is 18.9 Å². The summed E-state index contributed by atoms with van der Waals surface area (Å²) in [6.07, 6.45) is 3.11. The van der Waals surface area contributed by atoms with Crippen molar-refractivity contribution in [2.45, 2.75) is 19.9 Å². The van der Waals surface area contributed by atoms with E-state index >= 15 is 0 Å². The molecule has 0 saturated carbocycles. The molecule has 0 amide bonds. The molecule has 0 radical (unpaired) electrons. The van der Waals surface area contributed by atoms with Crippen LogP contribution in [0.2, 0.25) is 0 Å². The van der Waals surface area contributed by atoms with Gasteiger partial charge in [0.2, 0.25) is 0 Å². The molecule has 0 bridgehead atoms. The lowest BCUT2D eigenvalue weighted by Gasteiger charge is -2.19. The zero-order valence-electron chi connectivity index (χ0n) is 8.61. The van der Waals surface area contributed by atoms with E-state index in [2.05, 4.69) is 22.9 Å². The molecule has 1 unspecified atom stereocenters. The summed E-state index contributed by atoms with van der Waals surface area (Å²) in [6.45, 7) is 5.09. The van der Waals surface area contributed by atoms with Gasteiger partial charge in [0.25, 0.3) is 0 Å². The highest BCUT2D eigenvalue weighted by Gasteiger charge is 2.21. The summed E-state index contributed by atoms with van der Waals surface area (Å²) in [6, 6.07) is 4.01. The van der Waals surface area contributed by atoms with Gasteiger partial charge >= 0.3 is 0 Å². The topological polar surface area (TPSA) is 42.2 Å². The van der Waals surface area contributed by atoms with Crippen LogP contribution in [0.5, 0.6) is 0 Å². The molecule has 1 atom stereocenters. The fourth-order valence-corrected chi connectivity index (χ4v) is 2.00. The zero-order chi connectivity index (χ0) is 9.97. The Labute approximate surface area is 84.9 Å². The molecule has 14 heavy (non-hydrogen) atoms. The van der Waals surface area contributed by atoms with Crippen molar-refractivity contribution in [2.75, 3.05) is 18.0 Å². The van der Waals surface area contributed by atoms with Crippen LogP contribution in [0, 0.1) is 5.92 Å². The van der Waals surface area contributed by atoms with Crippen molar-refractivity contribution in [3.8, 4) is 0 Å². The van der Waals surface area contributed by atoms with E-state index in [1.165, 1.54) is 6.42 Å². The predicted octanol–water partition coefficient (Wildman–Crippen LogP) is 1.39. The van der Waals surface area contributed by atoms with Crippen LogP contribution in [-0.2, 0) is 6.54 Å². The Hall–Kier alpha value is -1.09. The molecule has 1 aliphatic rings.